The molecule has 7 nitrogen and oxygen atoms in total. The van der Waals surface area contributed by atoms with Gasteiger partial charge in [-0.05, 0) is 144 Å². The molecule has 0 N–H and O–H groups in total. The Hall–Kier alpha value is -1.61. The first kappa shape index (κ1) is 25.4. The van der Waals surface area contributed by atoms with Gasteiger partial charge in [-0.25, -0.2) is 9.59 Å². The van der Waals surface area contributed by atoms with Crippen molar-refractivity contribution in [2.45, 2.75) is 94.2 Å². The topological polar surface area (TPSA) is 94.1 Å². The van der Waals surface area contributed by atoms with Crippen LogP contribution in [0.25, 0.3) is 0 Å². The Bertz CT molecular complexity index is 995. The third-order valence-electron chi connectivity index (χ3n) is 11.7. The number of esters is 2. The van der Waals surface area contributed by atoms with Crippen LogP contribution in [0.15, 0.2) is 23.1 Å². The summed E-state index contributed by atoms with van der Waals surface area (Å²) >= 11 is 0.669. The van der Waals surface area contributed by atoms with Crippen LogP contribution in [0.5, 0.6) is 0 Å². The molecule has 8 aliphatic rings. The van der Waals surface area contributed by atoms with E-state index in [2.05, 4.69) is 23.2 Å². The van der Waals surface area contributed by atoms with Crippen molar-refractivity contribution in [3.8, 4) is 0 Å². The van der Waals surface area contributed by atoms with Gasteiger partial charge < -0.3 is 14.7 Å². The van der Waals surface area contributed by atoms with Crippen LogP contribution in [-0.2, 0) is 18.8 Å². The Morgan fingerprint density at radius 2 is 1.05 bits per heavy atom. The first-order chi connectivity index (χ1) is 18.2. The van der Waals surface area contributed by atoms with Gasteiger partial charge >= 0.3 is 11.9 Å². The molecule has 0 spiro atoms. The Kier molecular flexibility index (Phi) is 6.15. The van der Waals surface area contributed by atoms with Crippen LogP contribution in [0.1, 0.15) is 98.8 Å². The van der Waals surface area contributed by atoms with E-state index in [1.165, 1.54) is 12.8 Å². The minimum absolute atomic E-state index is 0.265. The van der Waals surface area contributed by atoms with Crippen LogP contribution >= 0.6 is 12.0 Å². The van der Waals surface area contributed by atoms with Gasteiger partial charge in [0, 0.05) is 4.90 Å². The van der Waals surface area contributed by atoms with Crippen LogP contribution in [0.4, 0.5) is 0 Å². The monoisotopic (exact) mass is 541 g/mol. The number of ether oxygens (including phenoxy) is 2. The molecule has 0 radical (unpaired) electrons. The molecule has 1 aromatic rings. The summed E-state index contributed by atoms with van der Waals surface area (Å²) in [6, 6.07) is 4.76. The summed E-state index contributed by atoms with van der Waals surface area (Å²) in [6.07, 6.45) is 11.7. The van der Waals surface area contributed by atoms with Crippen molar-refractivity contribution in [2.75, 3.05) is 0 Å². The molecule has 8 bridgehead atoms. The maximum Gasteiger partial charge on any atom is 0.338 e. The summed E-state index contributed by atoms with van der Waals surface area (Å²) in [7, 11) is 0. The number of hydrogen-bond acceptors (Lipinski definition) is 8. The molecule has 206 valence electrons. The zero-order chi connectivity index (χ0) is 26.2. The number of hydrogen-bond donors (Lipinski definition) is 0. The zero-order valence-electron chi connectivity index (χ0n) is 22.2. The van der Waals surface area contributed by atoms with Crippen molar-refractivity contribution in [2.24, 2.45) is 47.3 Å². The van der Waals surface area contributed by atoms with Gasteiger partial charge in [-0.2, -0.15) is 4.33 Å². The quantitative estimate of drug-likeness (QED) is 0.189. The smallest absolute Gasteiger partial charge is 0.338 e. The average Bonchev–Trinajstić information content (AvgIpc) is 2.88. The van der Waals surface area contributed by atoms with E-state index < -0.39 is 23.1 Å². The molecule has 0 atom stereocenters. The van der Waals surface area contributed by atoms with E-state index in [1.54, 1.807) is 18.2 Å². The fraction of sp³-hybridized carbons (Fsp3) is 0.733. The predicted molar refractivity (Wildman–Crippen MR) is 136 cm³/mol. The van der Waals surface area contributed by atoms with Crippen LogP contribution in [0.3, 0.4) is 0 Å². The molecule has 8 aliphatic carbocycles. The van der Waals surface area contributed by atoms with Crippen LogP contribution in [0.2, 0.25) is 0 Å². The van der Waals surface area contributed by atoms with Gasteiger partial charge in [0.2, 0.25) is 0 Å². The average molecular weight is 542 g/mol. The molecule has 0 unspecified atom stereocenters. The normalized spacial score (nSPS) is 43.9. The Morgan fingerprint density at radius 1 is 0.684 bits per heavy atom. The molecule has 1 aromatic carbocycles. The van der Waals surface area contributed by atoms with E-state index in [0.29, 0.717) is 40.6 Å². The zero-order valence-corrected chi connectivity index (χ0v) is 23.0. The molecule has 9 rings (SSSR count). The van der Waals surface area contributed by atoms with Gasteiger partial charge in [0.1, 0.15) is 11.2 Å². The Balaban J connectivity index is 1.13. The van der Waals surface area contributed by atoms with E-state index in [-0.39, 0.29) is 11.1 Å². The highest BCUT2D eigenvalue weighted by Crippen LogP contribution is 2.60. The van der Waals surface area contributed by atoms with Gasteiger partial charge in [-0.1, -0.05) is 0 Å². The molecule has 38 heavy (non-hydrogen) atoms. The third kappa shape index (κ3) is 4.13. The van der Waals surface area contributed by atoms with E-state index in [0.717, 1.165) is 75.0 Å². The van der Waals surface area contributed by atoms with Gasteiger partial charge in [-0.15, -0.1) is 0 Å². The maximum absolute atomic E-state index is 13.6. The van der Waals surface area contributed by atoms with E-state index in [9.17, 15) is 14.8 Å². The molecule has 0 saturated heterocycles. The molecule has 0 amide bonds. The standard InChI is InChI=1S/C30H38O7S/c1-29(22-5-16-3-17(7-22)8-23(29)6-16)34-27(31)20-13-21(15-26(14-20)38-37-36-33)28(32)35-30(2)24-9-18-4-19(11-24)12-25(30)10-18/h13-19,22-25,33H,3-12H2,1-2H3/p-1. The molecule has 8 heteroatoms. The number of benzene rings is 1. The van der Waals surface area contributed by atoms with Crippen LogP contribution in [0, 0.1) is 47.3 Å². The van der Waals surface area contributed by atoms with Crippen LogP contribution in [-0.4, -0.2) is 23.1 Å². The van der Waals surface area contributed by atoms with Gasteiger partial charge in [-0.3, -0.25) is 5.04 Å². The van der Waals surface area contributed by atoms with Crippen molar-refractivity contribution in [3.05, 3.63) is 29.3 Å². The van der Waals surface area contributed by atoms with E-state index in [1.807, 2.05) is 0 Å². The van der Waals surface area contributed by atoms with Crippen molar-refractivity contribution >= 4 is 24.0 Å². The summed E-state index contributed by atoms with van der Waals surface area (Å²) in [6.45, 7) is 4.21. The van der Waals surface area contributed by atoms with Crippen molar-refractivity contribution in [1.29, 1.82) is 0 Å². The minimum Gasteiger partial charge on any atom is -0.691 e. The molecular weight excluding hydrogens is 504 g/mol. The highest BCUT2D eigenvalue weighted by molar-refractivity contribution is 7.94. The number of rotatable bonds is 7. The second-order valence-corrected chi connectivity index (χ2v) is 14.5. The van der Waals surface area contributed by atoms with Gasteiger partial charge in [0.05, 0.1) is 23.2 Å². The van der Waals surface area contributed by atoms with Gasteiger partial charge in [0.25, 0.3) is 0 Å². The van der Waals surface area contributed by atoms with E-state index in [4.69, 9.17) is 9.47 Å². The lowest BCUT2D eigenvalue weighted by atomic mass is 9.50. The van der Waals surface area contributed by atoms with Crippen molar-refractivity contribution in [3.63, 3.8) is 0 Å². The largest absolute Gasteiger partial charge is 0.691 e. The molecule has 0 heterocycles. The highest BCUT2D eigenvalue weighted by Gasteiger charge is 2.58. The van der Waals surface area contributed by atoms with Gasteiger partial charge in [0.15, 0.2) is 0 Å². The fourth-order valence-electron chi connectivity index (χ4n) is 10.0. The first-order valence-corrected chi connectivity index (χ1v) is 15.2. The summed E-state index contributed by atoms with van der Waals surface area (Å²) in [5, 5.41) is 14.0. The first-order valence-electron chi connectivity index (χ1n) is 14.5. The van der Waals surface area contributed by atoms with Crippen LogP contribution < -0.4 is 5.26 Å². The number of carbonyl (C=O) groups is 2. The fourth-order valence-corrected chi connectivity index (χ4v) is 10.5. The molecule has 0 aromatic heterocycles. The second-order valence-electron chi connectivity index (χ2n) is 13.7. The second kappa shape index (κ2) is 9.22. The molecule has 8 saturated carbocycles. The SMILES string of the molecule is CC1(OC(=O)c2cc(SOO[O-])cc(C(=O)OC3(C)C4CC5CC(C4)CC3C5)c2)C2CC3CC(C2)CC1C3. The lowest BCUT2D eigenvalue weighted by Crippen LogP contribution is -2.58. The predicted octanol–water partition coefficient (Wildman–Crippen LogP) is 5.66. The highest BCUT2D eigenvalue weighted by atomic mass is 32.2. The molecule has 0 aliphatic heterocycles. The van der Waals surface area contributed by atoms with Crippen molar-refractivity contribution in [1.82, 2.24) is 0 Å². The minimum atomic E-state index is -0.489. The summed E-state index contributed by atoms with van der Waals surface area (Å²) in [5.41, 5.74) is -0.448. The molecular formula is C30H37O7S-. The third-order valence-corrected chi connectivity index (χ3v) is 12.2. The summed E-state index contributed by atoms with van der Waals surface area (Å²) < 4.78 is 17.2. The summed E-state index contributed by atoms with van der Waals surface area (Å²) in [4.78, 5) is 27.6. The van der Waals surface area contributed by atoms with E-state index >= 15 is 0 Å². The maximum atomic E-state index is 13.6. The summed E-state index contributed by atoms with van der Waals surface area (Å²) in [5.74, 6) is 3.72. The Labute approximate surface area is 228 Å². The lowest BCUT2D eigenvalue weighted by molar-refractivity contribution is -0.777. The Morgan fingerprint density at radius 3 is 1.39 bits per heavy atom. The van der Waals surface area contributed by atoms with Crippen molar-refractivity contribution < 1.29 is 33.7 Å². The lowest BCUT2D eigenvalue weighted by Gasteiger charge is -2.59. The number of carbonyl (C=O) groups excluding carboxylic acids is 2. The molecule has 8 fully saturated rings.